The van der Waals surface area contributed by atoms with Crippen molar-refractivity contribution in [3.05, 3.63) is 0 Å². The van der Waals surface area contributed by atoms with Gasteiger partial charge in [-0.1, -0.05) is 0 Å². The molecule has 0 aromatic carbocycles. The molecule has 2 N–H and O–H groups in total. The quantitative estimate of drug-likeness (QED) is 0.696. The molecule has 2 aliphatic rings. The Bertz CT molecular complexity index is 482. The molecule has 0 spiro atoms. The van der Waals surface area contributed by atoms with Gasteiger partial charge in [-0.05, 0) is 39.2 Å². The molecular formula is C15H25N3O5. The molecule has 0 saturated carbocycles. The van der Waals surface area contributed by atoms with Crippen LogP contribution in [0.1, 0.15) is 26.7 Å². The number of carboxylic acid groups (broad SMARTS) is 1. The molecular weight excluding hydrogens is 302 g/mol. The average molecular weight is 327 g/mol. The first-order valence-corrected chi connectivity index (χ1v) is 7.88. The Morgan fingerprint density at radius 2 is 2.00 bits per heavy atom. The number of carbonyl (C=O) groups excluding carboxylic acids is 2. The van der Waals surface area contributed by atoms with Crippen LogP contribution in [-0.4, -0.2) is 77.7 Å². The van der Waals surface area contributed by atoms with Crippen LogP contribution in [0.4, 0.5) is 4.79 Å². The maximum absolute atomic E-state index is 11.9. The average Bonchev–Trinajstić information content (AvgIpc) is 2.88. The number of piperidine rings is 1. The number of likely N-dealkylation sites (tertiary alicyclic amines) is 2. The number of urea groups is 1. The van der Waals surface area contributed by atoms with Crippen molar-refractivity contribution in [3.63, 3.8) is 0 Å². The zero-order chi connectivity index (χ0) is 17.2. The monoisotopic (exact) mass is 327 g/mol. The van der Waals surface area contributed by atoms with Gasteiger partial charge in [0.2, 0.25) is 0 Å². The summed E-state index contributed by atoms with van der Waals surface area (Å²) in [5.74, 6) is -0.653. The zero-order valence-corrected chi connectivity index (χ0v) is 13.8. The lowest BCUT2D eigenvalue weighted by Gasteiger charge is -2.43. The van der Waals surface area contributed by atoms with E-state index in [2.05, 4.69) is 5.32 Å². The Labute approximate surface area is 135 Å². The molecule has 3 atom stereocenters. The largest absolute Gasteiger partial charge is 0.480 e. The van der Waals surface area contributed by atoms with Crippen LogP contribution < -0.4 is 5.32 Å². The van der Waals surface area contributed by atoms with E-state index in [-0.39, 0.29) is 12.1 Å². The summed E-state index contributed by atoms with van der Waals surface area (Å²) in [7, 11) is 1.59. The van der Waals surface area contributed by atoms with Crippen molar-refractivity contribution in [1.29, 1.82) is 0 Å². The molecule has 8 nitrogen and oxygen atoms in total. The van der Waals surface area contributed by atoms with Crippen molar-refractivity contribution < 1.29 is 24.2 Å². The molecule has 0 radical (unpaired) electrons. The van der Waals surface area contributed by atoms with Gasteiger partial charge >= 0.3 is 12.0 Å². The summed E-state index contributed by atoms with van der Waals surface area (Å²) in [6, 6.07) is -1.12. The van der Waals surface area contributed by atoms with Gasteiger partial charge in [0.1, 0.15) is 11.6 Å². The van der Waals surface area contributed by atoms with E-state index >= 15 is 0 Å². The minimum absolute atomic E-state index is 0.0309. The number of carboxylic acids is 1. The number of rotatable bonds is 5. The van der Waals surface area contributed by atoms with Crippen molar-refractivity contribution in [1.82, 2.24) is 15.1 Å². The van der Waals surface area contributed by atoms with Crippen molar-refractivity contribution in [2.45, 2.75) is 44.4 Å². The molecule has 2 heterocycles. The lowest BCUT2D eigenvalue weighted by Crippen LogP contribution is -2.61. The first-order valence-electron chi connectivity index (χ1n) is 7.88. The van der Waals surface area contributed by atoms with Gasteiger partial charge in [0, 0.05) is 26.2 Å². The number of hydrogen-bond acceptors (Lipinski definition) is 5. The minimum Gasteiger partial charge on any atom is -0.480 e. The lowest BCUT2D eigenvalue weighted by atomic mass is 9.90. The molecule has 2 rings (SSSR count). The van der Waals surface area contributed by atoms with E-state index in [1.807, 2.05) is 4.90 Å². The molecule has 130 valence electrons. The van der Waals surface area contributed by atoms with E-state index in [1.54, 1.807) is 25.8 Å². The Morgan fingerprint density at radius 3 is 2.57 bits per heavy atom. The Hall–Kier alpha value is -1.83. The Morgan fingerprint density at radius 1 is 1.35 bits per heavy atom. The summed E-state index contributed by atoms with van der Waals surface area (Å²) in [6.07, 6.45) is 1.75. The highest BCUT2D eigenvalue weighted by atomic mass is 16.5. The van der Waals surface area contributed by atoms with Gasteiger partial charge in [0.05, 0.1) is 0 Å². The van der Waals surface area contributed by atoms with Crippen molar-refractivity contribution >= 4 is 18.5 Å². The standard InChI is InChI=1S/C15H25N3O5/c1-15(2,23-9-19)12(13(20)21)18-7-5-10-4-6-17(8-11(10)18)14(22)16-3/h9-12H,4-8H2,1-3H3,(H,16,22)(H,20,21)/t10?,11?,12-/m1/s1. The number of fused-ring (bicyclic) bond motifs is 1. The zero-order valence-electron chi connectivity index (χ0n) is 13.8. The molecule has 2 unspecified atom stereocenters. The van der Waals surface area contributed by atoms with Gasteiger partial charge in [-0.3, -0.25) is 14.5 Å². The van der Waals surface area contributed by atoms with Crippen LogP contribution >= 0.6 is 0 Å². The van der Waals surface area contributed by atoms with E-state index < -0.39 is 17.6 Å². The van der Waals surface area contributed by atoms with Gasteiger partial charge in [0.15, 0.2) is 0 Å². The highest BCUT2D eigenvalue weighted by molar-refractivity contribution is 5.76. The first kappa shape index (κ1) is 17.5. The molecule has 0 aliphatic carbocycles. The van der Waals surface area contributed by atoms with Crippen LogP contribution in [0.2, 0.25) is 0 Å². The number of aliphatic carboxylic acids is 1. The Balaban J connectivity index is 2.21. The van der Waals surface area contributed by atoms with Crippen LogP contribution in [0.15, 0.2) is 0 Å². The molecule has 2 fully saturated rings. The molecule has 0 aromatic heterocycles. The summed E-state index contributed by atoms with van der Waals surface area (Å²) in [5.41, 5.74) is -1.14. The fourth-order valence-corrected chi connectivity index (χ4v) is 3.86. The predicted molar refractivity (Wildman–Crippen MR) is 81.9 cm³/mol. The van der Waals surface area contributed by atoms with E-state index in [4.69, 9.17) is 4.74 Å². The molecule has 2 saturated heterocycles. The van der Waals surface area contributed by atoms with Crippen molar-refractivity contribution in [2.75, 3.05) is 26.7 Å². The maximum atomic E-state index is 11.9. The highest BCUT2D eigenvalue weighted by Crippen LogP contribution is 2.36. The predicted octanol–water partition coefficient (Wildman–Crippen LogP) is 0.127. The molecule has 23 heavy (non-hydrogen) atoms. The SMILES string of the molecule is CNC(=O)N1CCC2CCN([C@H](C(=O)O)C(C)(C)OC=O)C2C1. The topological polar surface area (TPSA) is 99.2 Å². The number of nitrogens with one attached hydrogen (secondary N) is 1. The maximum Gasteiger partial charge on any atom is 0.325 e. The molecule has 2 amide bonds. The summed E-state index contributed by atoms with van der Waals surface area (Å²) < 4.78 is 5.04. The van der Waals surface area contributed by atoms with Crippen molar-refractivity contribution in [3.8, 4) is 0 Å². The third kappa shape index (κ3) is 3.41. The molecule has 8 heteroatoms. The number of nitrogens with zero attached hydrogens (tertiary/aromatic N) is 2. The summed E-state index contributed by atoms with van der Waals surface area (Å²) in [4.78, 5) is 38.0. The number of ether oxygens (including phenoxy) is 1. The number of hydrogen-bond donors (Lipinski definition) is 2. The summed E-state index contributed by atoms with van der Waals surface area (Å²) in [5, 5.41) is 12.3. The second-order valence-corrected chi connectivity index (χ2v) is 6.70. The Kier molecular flexibility index (Phi) is 5.13. The third-order valence-electron chi connectivity index (χ3n) is 4.98. The van der Waals surface area contributed by atoms with Crippen molar-refractivity contribution in [2.24, 2.45) is 5.92 Å². The van der Waals surface area contributed by atoms with E-state index in [0.29, 0.717) is 32.0 Å². The molecule has 0 bridgehead atoms. The van der Waals surface area contributed by atoms with E-state index in [9.17, 15) is 19.5 Å². The minimum atomic E-state index is -1.14. The fraction of sp³-hybridized carbons (Fsp3) is 0.800. The smallest absolute Gasteiger partial charge is 0.325 e. The van der Waals surface area contributed by atoms with Crippen LogP contribution in [0, 0.1) is 5.92 Å². The lowest BCUT2D eigenvalue weighted by molar-refractivity contribution is -0.164. The van der Waals surface area contributed by atoms with Crippen LogP contribution in [0.5, 0.6) is 0 Å². The first-order chi connectivity index (χ1) is 10.8. The number of carbonyl (C=O) groups is 3. The van der Waals surface area contributed by atoms with Crippen LogP contribution in [-0.2, 0) is 14.3 Å². The van der Waals surface area contributed by atoms with E-state index in [1.165, 1.54) is 0 Å². The van der Waals surface area contributed by atoms with Gasteiger partial charge in [-0.25, -0.2) is 4.79 Å². The van der Waals surface area contributed by atoms with Gasteiger partial charge in [-0.2, -0.15) is 0 Å². The van der Waals surface area contributed by atoms with Crippen LogP contribution in [0.3, 0.4) is 0 Å². The summed E-state index contributed by atoms with van der Waals surface area (Å²) >= 11 is 0. The molecule has 2 aliphatic heterocycles. The molecule has 0 aromatic rings. The third-order valence-corrected chi connectivity index (χ3v) is 4.98. The van der Waals surface area contributed by atoms with Gasteiger partial charge < -0.3 is 20.1 Å². The fourth-order valence-electron chi connectivity index (χ4n) is 3.86. The normalized spacial score (nSPS) is 26.3. The van der Waals surface area contributed by atoms with Gasteiger partial charge in [-0.15, -0.1) is 0 Å². The summed E-state index contributed by atoms with van der Waals surface area (Å²) in [6.45, 7) is 5.30. The van der Waals surface area contributed by atoms with Crippen LogP contribution in [0.25, 0.3) is 0 Å². The second kappa shape index (κ2) is 6.74. The second-order valence-electron chi connectivity index (χ2n) is 6.70. The highest BCUT2D eigenvalue weighted by Gasteiger charge is 2.50. The van der Waals surface area contributed by atoms with Gasteiger partial charge in [0.25, 0.3) is 6.47 Å². The number of amides is 2. The van der Waals surface area contributed by atoms with E-state index in [0.717, 1.165) is 12.8 Å².